The van der Waals surface area contributed by atoms with Crippen molar-refractivity contribution in [2.75, 3.05) is 7.11 Å². The minimum atomic E-state index is -0.239. The van der Waals surface area contributed by atoms with Crippen LogP contribution in [0.2, 0.25) is 0 Å². The Hall–Kier alpha value is -0.840. The number of nitrogens with two attached hydrogens (primary N) is 1. The third-order valence-electron chi connectivity index (χ3n) is 3.46. The number of rotatable bonds is 3. The van der Waals surface area contributed by atoms with E-state index in [1.807, 2.05) is 31.2 Å². The van der Waals surface area contributed by atoms with Gasteiger partial charge in [0.25, 0.3) is 0 Å². The molecule has 0 heterocycles. The highest BCUT2D eigenvalue weighted by molar-refractivity contribution is 9.10. The van der Waals surface area contributed by atoms with E-state index in [0.29, 0.717) is 0 Å². The molecule has 0 fully saturated rings. The molecule has 0 aliphatic heterocycles. The van der Waals surface area contributed by atoms with Gasteiger partial charge in [-0.2, -0.15) is 0 Å². The number of aryl methyl sites for hydroxylation is 1. The Balaban J connectivity index is 2.66. The van der Waals surface area contributed by atoms with E-state index >= 15 is 0 Å². The quantitative estimate of drug-likeness (QED) is 0.799. The maximum atomic E-state index is 6.50. The van der Waals surface area contributed by atoms with Gasteiger partial charge in [0.2, 0.25) is 0 Å². The molecule has 0 aromatic heterocycles. The second kappa shape index (κ2) is 6.29. The summed E-state index contributed by atoms with van der Waals surface area (Å²) in [4.78, 5) is 0. The van der Waals surface area contributed by atoms with Gasteiger partial charge in [0.15, 0.2) is 0 Å². The van der Waals surface area contributed by atoms with Crippen LogP contribution in [0.25, 0.3) is 0 Å². The van der Waals surface area contributed by atoms with E-state index in [1.54, 1.807) is 7.11 Å². The lowest BCUT2D eigenvalue weighted by molar-refractivity contribution is 0.404. The molecule has 1 atom stereocenters. The van der Waals surface area contributed by atoms with Crippen LogP contribution in [0, 0.1) is 13.8 Å². The summed E-state index contributed by atoms with van der Waals surface area (Å²) in [6.07, 6.45) is 0. The van der Waals surface area contributed by atoms with E-state index in [4.69, 9.17) is 10.5 Å². The summed E-state index contributed by atoms with van der Waals surface area (Å²) in [5.74, 6) is 0.856. The summed E-state index contributed by atoms with van der Waals surface area (Å²) in [7, 11) is 1.69. The van der Waals surface area contributed by atoms with Gasteiger partial charge >= 0.3 is 0 Å². The highest BCUT2D eigenvalue weighted by Crippen LogP contribution is 2.39. The van der Waals surface area contributed by atoms with Gasteiger partial charge in [0, 0.05) is 14.5 Å². The molecule has 2 rings (SSSR count). The van der Waals surface area contributed by atoms with E-state index in [1.165, 1.54) is 0 Å². The predicted molar refractivity (Wildman–Crippen MR) is 90.3 cm³/mol. The van der Waals surface area contributed by atoms with E-state index in [-0.39, 0.29) is 6.04 Å². The molecule has 0 saturated carbocycles. The standard InChI is InChI=1S/C16H17Br2NO/c1-9-8-13(18)10(2)14(16(9)20-3)15(19)11-6-4-5-7-12(11)17/h4-8,15H,19H2,1-3H3. The third kappa shape index (κ3) is 2.78. The van der Waals surface area contributed by atoms with Gasteiger partial charge in [-0.15, -0.1) is 0 Å². The van der Waals surface area contributed by atoms with Crippen LogP contribution >= 0.6 is 31.9 Å². The second-order valence-corrected chi connectivity index (χ2v) is 6.46. The van der Waals surface area contributed by atoms with Crippen LogP contribution in [-0.2, 0) is 0 Å². The zero-order valence-corrected chi connectivity index (χ0v) is 14.9. The monoisotopic (exact) mass is 397 g/mol. The molecule has 2 nitrogen and oxygen atoms in total. The fraction of sp³-hybridized carbons (Fsp3) is 0.250. The molecule has 2 aromatic rings. The lowest BCUT2D eigenvalue weighted by Gasteiger charge is -2.22. The first-order valence-corrected chi connectivity index (χ1v) is 7.89. The Morgan fingerprint density at radius 1 is 1.10 bits per heavy atom. The van der Waals surface area contributed by atoms with Crippen LogP contribution in [0.3, 0.4) is 0 Å². The summed E-state index contributed by atoms with van der Waals surface area (Å²) in [5.41, 5.74) is 10.7. The number of benzene rings is 2. The Morgan fingerprint density at radius 3 is 2.35 bits per heavy atom. The Morgan fingerprint density at radius 2 is 1.75 bits per heavy atom. The first-order valence-electron chi connectivity index (χ1n) is 6.31. The normalized spacial score (nSPS) is 12.3. The molecule has 0 amide bonds. The SMILES string of the molecule is COc1c(C)cc(Br)c(C)c1C(N)c1ccccc1Br. The van der Waals surface area contributed by atoms with Crippen molar-refractivity contribution in [1.29, 1.82) is 0 Å². The van der Waals surface area contributed by atoms with Crippen molar-refractivity contribution in [2.45, 2.75) is 19.9 Å². The van der Waals surface area contributed by atoms with E-state index < -0.39 is 0 Å². The van der Waals surface area contributed by atoms with Crippen LogP contribution in [0.15, 0.2) is 39.3 Å². The van der Waals surface area contributed by atoms with Crippen molar-refractivity contribution in [3.63, 3.8) is 0 Å². The van der Waals surface area contributed by atoms with Gasteiger partial charge in [-0.3, -0.25) is 0 Å². The summed E-state index contributed by atoms with van der Waals surface area (Å²) >= 11 is 7.17. The van der Waals surface area contributed by atoms with Crippen LogP contribution in [-0.4, -0.2) is 7.11 Å². The van der Waals surface area contributed by atoms with Crippen molar-refractivity contribution < 1.29 is 4.74 Å². The number of hydrogen-bond donors (Lipinski definition) is 1. The van der Waals surface area contributed by atoms with Gasteiger partial charge in [0.1, 0.15) is 5.75 Å². The number of methoxy groups -OCH3 is 1. The lowest BCUT2D eigenvalue weighted by atomic mass is 9.93. The molecular formula is C16H17Br2NO. The molecule has 106 valence electrons. The molecule has 20 heavy (non-hydrogen) atoms. The first kappa shape index (κ1) is 15.5. The lowest BCUT2D eigenvalue weighted by Crippen LogP contribution is -2.16. The molecule has 0 aliphatic carbocycles. The van der Waals surface area contributed by atoms with Gasteiger partial charge < -0.3 is 10.5 Å². The number of ether oxygens (including phenoxy) is 1. The van der Waals surface area contributed by atoms with Crippen molar-refractivity contribution in [3.05, 3.63) is 61.5 Å². The molecule has 0 saturated heterocycles. The van der Waals surface area contributed by atoms with Crippen molar-refractivity contribution in [3.8, 4) is 5.75 Å². The second-order valence-electron chi connectivity index (χ2n) is 4.75. The molecule has 0 aliphatic rings. The summed E-state index contributed by atoms with van der Waals surface area (Å²) in [5, 5.41) is 0. The topological polar surface area (TPSA) is 35.2 Å². The number of hydrogen-bond acceptors (Lipinski definition) is 2. The maximum Gasteiger partial charge on any atom is 0.127 e. The van der Waals surface area contributed by atoms with Gasteiger partial charge in [-0.05, 0) is 42.7 Å². The van der Waals surface area contributed by atoms with Crippen LogP contribution in [0.1, 0.15) is 28.3 Å². The molecular weight excluding hydrogens is 382 g/mol. The minimum Gasteiger partial charge on any atom is -0.496 e. The average molecular weight is 399 g/mol. The first-order chi connectivity index (χ1) is 9.47. The average Bonchev–Trinajstić information content (AvgIpc) is 2.42. The Labute approximate surface area is 136 Å². The largest absolute Gasteiger partial charge is 0.496 e. The van der Waals surface area contributed by atoms with Crippen LogP contribution in [0.4, 0.5) is 0 Å². The van der Waals surface area contributed by atoms with Crippen LogP contribution in [0.5, 0.6) is 5.75 Å². The molecule has 0 bridgehead atoms. The highest BCUT2D eigenvalue weighted by atomic mass is 79.9. The van der Waals surface area contributed by atoms with E-state index in [0.717, 1.165) is 36.9 Å². The molecule has 0 radical (unpaired) electrons. The highest BCUT2D eigenvalue weighted by Gasteiger charge is 2.21. The van der Waals surface area contributed by atoms with Crippen molar-refractivity contribution in [1.82, 2.24) is 0 Å². The fourth-order valence-electron chi connectivity index (χ4n) is 2.40. The zero-order chi connectivity index (χ0) is 14.9. The Bertz CT molecular complexity index is 641. The maximum absolute atomic E-state index is 6.50. The van der Waals surface area contributed by atoms with Crippen LogP contribution < -0.4 is 10.5 Å². The molecule has 2 aromatic carbocycles. The van der Waals surface area contributed by atoms with Crippen molar-refractivity contribution >= 4 is 31.9 Å². The van der Waals surface area contributed by atoms with Gasteiger partial charge in [0.05, 0.1) is 13.2 Å². The van der Waals surface area contributed by atoms with Crippen molar-refractivity contribution in [2.24, 2.45) is 5.73 Å². The van der Waals surface area contributed by atoms with E-state index in [2.05, 4.69) is 44.8 Å². The molecule has 4 heteroatoms. The summed E-state index contributed by atoms with van der Waals surface area (Å²) in [6.45, 7) is 4.08. The van der Waals surface area contributed by atoms with Gasteiger partial charge in [-0.25, -0.2) is 0 Å². The minimum absolute atomic E-state index is 0.239. The Kier molecular flexibility index (Phi) is 4.89. The molecule has 2 N–H and O–H groups in total. The predicted octanol–water partition coefficient (Wildman–Crippen LogP) is 4.89. The summed E-state index contributed by atoms with van der Waals surface area (Å²) < 4.78 is 7.63. The smallest absolute Gasteiger partial charge is 0.127 e. The summed E-state index contributed by atoms with van der Waals surface area (Å²) in [6, 6.07) is 9.83. The van der Waals surface area contributed by atoms with Gasteiger partial charge in [-0.1, -0.05) is 50.1 Å². The number of halogens is 2. The third-order valence-corrected chi connectivity index (χ3v) is 5.01. The fourth-order valence-corrected chi connectivity index (χ4v) is 3.49. The van der Waals surface area contributed by atoms with E-state index in [9.17, 15) is 0 Å². The molecule has 1 unspecified atom stereocenters. The zero-order valence-electron chi connectivity index (χ0n) is 11.7. The molecule has 0 spiro atoms.